The first-order chi connectivity index (χ1) is 12.9. The molecule has 2 rings (SSSR count). The Morgan fingerprint density at radius 2 is 1.52 bits per heavy atom. The average Bonchev–Trinajstić information content (AvgIpc) is 2.66. The molecule has 0 aromatic heterocycles. The number of amides is 3. The topological polar surface area (TPSA) is 70.2 Å². The van der Waals surface area contributed by atoms with E-state index in [9.17, 15) is 9.59 Å². The number of benzene rings is 2. The van der Waals surface area contributed by atoms with Gasteiger partial charge in [0.05, 0.1) is 0 Å². The Balaban J connectivity index is 2.16. The van der Waals surface area contributed by atoms with Gasteiger partial charge in [-0.15, -0.1) is 0 Å². The molecule has 3 amide bonds. The van der Waals surface area contributed by atoms with E-state index in [1.54, 1.807) is 0 Å². The Kier molecular flexibility index (Phi) is 7.55. The summed E-state index contributed by atoms with van der Waals surface area (Å²) in [7, 11) is 1.48. The molecule has 0 radical (unpaired) electrons. The van der Waals surface area contributed by atoms with Crippen molar-refractivity contribution in [3.63, 3.8) is 0 Å². The Hall–Kier alpha value is -2.66. The van der Waals surface area contributed by atoms with Crippen LogP contribution in [0.25, 0.3) is 0 Å². The van der Waals surface area contributed by atoms with Crippen molar-refractivity contribution in [1.82, 2.24) is 16.0 Å². The molecule has 5 nitrogen and oxygen atoms in total. The van der Waals surface area contributed by atoms with Gasteiger partial charge in [-0.1, -0.05) is 68.4 Å². The van der Waals surface area contributed by atoms with Gasteiger partial charge in [0, 0.05) is 13.1 Å². The number of nitrogens with one attached hydrogen (secondary N) is 3. The molecule has 0 saturated carbocycles. The molecule has 144 valence electrons. The number of hydrogen-bond acceptors (Lipinski definition) is 3. The summed E-state index contributed by atoms with van der Waals surface area (Å²) in [5, 5.41) is 8.12. The van der Waals surface area contributed by atoms with Gasteiger partial charge in [0.1, 0.15) is 6.04 Å². The minimum atomic E-state index is -0.631. The molecule has 2 atom stereocenters. The zero-order chi connectivity index (χ0) is 19.8. The smallest absolute Gasteiger partial charge is 0.321 e. The van der Waals surface area contributed by atoms with Crippen LogP contribution in [0.5, 0.6) is 0 Å². The fraction of sp³-hybridized carbons (Fsp3) is 0.364. The van der Waals surface area contributed by atoms with Crippen LogP contribution >= 0.6 is 0 Å². The van der Waals surface area contributed by atoms with Crippen molar-refractivity contribution in [3.05, 3.63) is 71.3 Å². The summed E-state index contributed by atoms with van der Waals surface area (Å²) in [6.45, 7) is 6.42. The van der Waals surface area contributed by atoms with Crippen LogP contribution in [-0.4, -0.2) is 19.0 Å². The van der Waals surface area contributed by atoms with E-state index in [1.165, 1.54) is 12.6 Å². The zero-order valence-corrected chi connectivity index (χ0v) is 16.5. The summed E-state index contributed by atoms with van der Waals surface area (Å²) >= 11 is 0. The molecule has 2 aromatic carbocycles. The second-order valence-corrected chi connectivity index (χ2v) is 7.14. The van der Waals surface area contributed by atoms with E-state index in [0.29, 0.717) is 5.92 Å². The number of imide groups is 1. The van der Waals surface area contributed by atoms with Gasteiger partial charge >= 0.3 is 6.03 Å². The fourth-order valence-corrected chi connectivity index (χ4v) is 2.98. The van der Waals surface area contributed by atoms with Crippen LogP contribution in [0.2, 0.25) is 0 Å². The first-order valence-electron chi connectivity index (χ1n) is 9.33. The van der Waals surface area contributed by atoms with Crippen LogP contribution in [0.4, 0.5) is 4.79 Å². The maximum Gasteiger partial charge on any atom is 0.321 e. The van der Waals surface area contributed by atoms with Gasteiger partial charge in [-0.05, 0) is 36.0 Å². The second kappa shape index (κ2) is 9.88. The number of hydrogen-bond donors (Lipinski definition) is 3. The predicted molar refractivity (Wildman–Crippen MR) is 108 cm³/mol. The molecule has 0 bridgehead atoms. The lowest BCUT2D eigenvalue weighted by Crippen LogP contribution is -2.44. The Morgan fingerprint density at radius 3 is 2.07 bits per heavy atom. The summed E-state index contributed by atoms with van der Waals surface area (Å²) in [5.41, 5.74) is 3.20. The number of rotatable bonds is 7. The maximum absolute atomic E-state index is 12.6. The van der Waals surface area contributed by atoms with Gasteiger partial charge in [0.15, 0.2) is 0 Å². The minimum Gasteiger partial charge on any atom is -0.341 e. The molecule has 0 fully saturated rings. The largest absolute Gasteiger partial charge is 0.341 e. The normalized spacial score (nSPS) is 13.1. The Labute approximate surface area is 161 Å². The van der Waals surface area contributed by atoms with Gasteiger partial charge < -0.3 is 5.32 Å². The van der Waals surface area contributed by atoms with E-state index in [4.69, 9.17) is 0 Å². The lowest BCUT2D eigenvalue weighted by atomic mass is 9.98. The van der Waals surface area contributed by atoms with Crippen molar-refractivity contribution in [3.8, 4) is 0 Å². The lowest BCUT2D eigenvalue weighted by Gasteiger charge is -2.23. The van der Waals surface area contributed by atoms with Gasteiger partial charge in [0.2, 0.25) is 5.91 Å². The van der Waals surface area contributed by atoms with Crippen molar-refractivity contribution in [2.75, 3.05) is 7.05 Å². The molecule has 0 heterocycles. The van der Waals surface area contributed by atoms with Crippen molar-refractivity contribution in [2.24, 2.45) is 5.92 Å². The summed E-state index contributed by atoms with van der Waals surface area (Å²) in [5.74, 6) is 0.228. The quantitative estimate of drug-likeness (QED) is 0.698. The van der Waals surface area contributed by atoms with Crippen molar-refractivity contribution >= 4 is 11.9 Å². The lowest BCUT2D eigenvalue weighted by molar-refractivity contribution is -0.122. The molecular formula is C22H29N3O2. The van der Waals surface area contributed by atoms with Crippen molar-refractivity contribution in [1.29, 1.82) is 0 Å². The molecule has 0 aliphatic heterocycles. The molecule has 0 aliphatic carbocycles. The molecule has 0 saturated heterocycles. The molecule has 27 heavy (non-hydrogen) atoms. The highest BCUT2D eigenvalue weighted by Crippen LogP contribution is 2.21. The highest BCUT2D eigenvalue weighted by atomic mass is 16.2. The van der Waals surface area contributed by atoms with E-state index in [1.807, 2.05) is 37.3 Å². The number of carbonyl (C=O) groups excluding carboxylic acids is 2. The van der Waals surface area contributed by atoms with Crippen LogP contribution in [0, 0.1) is 5.92 Å². The summed E-state index contributed by atoms with van der Waals surface area (Å²) in [4.78, 5) is 24.2. The molecular weight excluding hydrogens is 338 g/mol. The van der Waals surface area contributed by atoms with Crippen LogP contribution in [0.1, 0.15) is 49.5 Å². The Bertz CT molecular complexity index is 742. The monoisotopic (exact) mass is 367 g/mol. The SMILES string of the molecule is CNC(=O)NC(=O)[C@H](N[C@H](C)c1ccc(CC(C)C)cc1)c1ccccc1. The highest BCUT2D eigenvalue weighted by Gasteiger charge is 2.24. The van der Waals surface area contributed by atoms with E-state index in [2.05, 4.69) is 54.1 Å². The third-order valence-electron chi connectivity index (χ3n) is 4.40. The standard InChI is InChI=1S/C22H29N3O2/c1-15(2)14-17-10-12-18(13-11-17)16(3)24-20(19-8-6-5-7-9-19)21(26)25-22(27)23-4/h5-13,15-16,20,24H,14H2,1-4H3,(H2,23,25,26,27)/t16-,20-/m1/s1. The van der Waals surface area contributed by atoms with E-state index < -0.39 is 12.1 Å². The zero-order valence-electron chi connectivity index (χ0n) is 16.5. The van der Waals surface area contributed by atoms with E-state index in [0.717, 1.165) is 17.5 Å². The van der Waals surface area contributed by atoms with Crippen LogP contribution < -0.4 is 16.0 Å². The van der Waals surface area contributed by atoms with Gasteiger partial charge in [-0.25, -0.2) is 4.79 Å². The van der Waals surface area contributed by atoms with Gasteiger partial charge in [-0.3, -0.25) is 15.4 Å². The van der Waals surface area contributed by atoms with E-state index >= 15 is 0 Å². The molecule has 2 aromatic rings. The first kappa shape index (κ1) is 20.6. The molecule has 0 aliphatic rings. The highest BCUT2D eigenvalue weighted by molar-refractivity contribution is 5.97. The molecule has 5 heteroatoms. The number of carbonyl (C=O) groups is 2. The number of urea groups is 1. The van der Waals surface area contributed by atoms with Crippen LogP contribution in [0.3, 0.4) is 0 Å². The summed E-state index contributed by atoms with van der Waals surface area (Å²) < 4.78 is 0. The van der Waals surface area contributed by atoms with E-state index in [-0.39, 0.29) is 11.9 Å². The molecule has 0 unspecified atom stereocenters. The average molecular weight is 367 g/mol. The molecule has 0 spiro atoms. The fourth-order valence-electron chi connectivity index (χ4n) is 2.98. The summed E-state index contributed by atoms with van der Waals surface area (Å²) in [6, 6.07) is 16.6. The summed E-state index contributed by atoms with van der Waals surface area (Å²) in [6.07, 6.45) is 1.04. The third kappa shape index (κ3) is 6.22. The van der Waals surface area contributed by atoms with Crippen molar-refractivity contribution < 1.29 is 9.59 Å². The van der Waals surface area contributed by atoms with Gasteiger partial charge in [0.25, 0.3) is 0 Å². The predicted octanol–water partition coefficient (Wildman–Crippen LogP) is 3.73. The third-order valence-corrected chi connectivity index (χ3v) is 4.40. The van der Waals surface area contributed by atoms with Crippen LogP contribution in [-0.2, 0) is 11.2 Å². The Morgan fingerprint density at radius 1 is 0.889 bits per heavy atom. The van der Waals surface area contributed by atoms with Crippen LogP contribution in [0.15, 0.2) is 54.6 Å². The minimum absolute atomic E-state index is 0.0567. The second-order valence-electron chi connectivity index (χ2n) is 7.14. The maximum atomic E-state index is 12.6. The van der Waals surface area contributed by atoms with Crippen molar-refractivity contribution in [2.45, 2.75) is 39.3 Å². The molecule has 3 N–H and O–H groups in total. The first-order valence-corrected chi connectivity index (χ1v) is 9.33. The van der Waals surface area contributed by atoms with Gasteiger partial charge in [-0.2, -0.15) is 0 Å².